The number of aromatic nitrogens is 2. The summed E-state index contributed by atoms with van der Waals surface area (Å²) in [6, 6.07) is 8.13. The summed E-state index contributed by atoms with van der Waals surface area (Å²) in [6.45, 7) is 3.88. The summed E-state index contributed by atoms with van der Waals surface area (Å²) in [5.41, 5.74) is 2.70. The maximum Gasteiger partial charge on any atom is 0.265 e. The molecule has 7 heteroatoms. The second-order valence-electron chi connectivity index (χ2n) is 7.05. The summed E-state index contributed by atoms with van der Waals surface area (Å²) in [5.74, 6) is 0.248. The van der Waals surface area contributed by atoms with Crippen LogP contribution in [0.5, 0.6) is 0 Å². The average molecular weight is 381 g/mol. The molecular formula is C21H23N3O4. The SMILES string of the molecule is COCCCn1cnc2oc(C)c(C(=O)N3CCc4ccccc4C3)c2c1=O. The van der Waals surface area contributed by atoms with Crippen molar-refractivity contribution in [1.82, 2.24) is 14.5 Å². The largest absolute Gasteiger partial charge is 0.442 e. The number of carbonyl (C=O) groups excluding carboxylic acids is 1. The predicted octanol–water partition coefficient (Wildman–Crippen LogP) is 2.53. The molecule has 2 aromatic heterocycles. The number of carbonyl (C=O) groups is 1. The summed E-state index contributed by atoms with van der Waals surface area (Å²) < 4.78 is 12.2. The quantitative estimate of drug-likeness (QED) is 0.635. The van der Waals surface area contributed by atoms with Gasteiger partial charge in [-0.25, -0.2) is 4.98 Å². The number of furan rings is 1. The molecule has 1 amide bonds. The Kier molecular flexibility index (Phi) is 5.00. The Morgan fingerprint density at radius 2 is 2.07 bits per heavy atom. The van der Waals surface area contributed by atoms with Crippen LogP contribution in [0.25, 0.3) is 11.1 Å². The fourth-order valence-electron chi connectivity index (χ4n) is 3.76. The van der Waals surface area contributed by atoms with Crippen LogP contribution in [-0.4, -0.2) is 40.6 Å². The molecule has 4 rings (SSSR count). The van der Waals surface area contributed by atoms with Gasteiger partial charge in [-0.05, 0) is 30.9 Å². The van der Waals surface area contributed by atoms with E-state index in [4.69, 9.17) is 9.15 Å². The molecule has 0 fully saturated rings. The summed E-state index contributed by atoms with van der Waals surface area (Å²) >= 11 is 0. The molecule has 0 saturated heterocycles. The number of benzene rings is 1. The lowest BCUT2D eigenvalue weighted by Gasteiger charge is -2.28. The average Bonchev–Trinajstić information content (AvgIpc) is 3.05. The molecule has 0 bridgehead atoms. The van der Waals surface area contributed by atoms with Gasteiger partial charge in [-0.2, -0.15) is 0 Å². The lowest BCUT2D eigenvalue weighted by atomic mass is 9.99. The van der Waals surface area contributed by atoms with E-state index in [0.717, 1.165) is 12.0 Å². The van der Waals surface area contributed by atoms with Crippen molar-refractivity contribution in [3.8, 4) is 0 Å². The first kappa shape index (κ1) is 18.4. The molecule has 7 nitrogen and oxygen atoms in total. The Hall–Kier alpha value is -2.93. The molecule has 0 unspecified atom stereocenters. The summed E-state index contributed by atoms with van der Waals surface area (Å²) in [5, 5.41) is 0.265. The molecule has 1 aliphatic rings. The van der Waals surface area contributed by atoms with Gasteiger partial charge in [-0.1, -0.05) is 24.3 Å². The van der Waals surface area contributed by atoms with Crippen molar-refractivity contribution < 1.29 is 13.9 Å². The molecule has 0 N–H and O–H groups in total. The minimum absolute atomic E-state index is 0.181. The molecule has 0 radical (unpaired) electrons. The highest BCUT2D eigenvalue weighted by Crippen LogP contribution is 2.26. The zero-order valence-electron chi connectivity index (χ0n) is 16.1. The number of amides is 1. The van der Waals surface area contributed by atoms with E-state index in [-0.39, 0.29) is 22.6 Å². The molecule has 1 aliphatic heterocycles. The van der Waals surface area contributed by atoms with Crippen molar-refractivity contribution >= 4 is 17.0 Å². The number of nitrogens with zero attached hydrogens (tertiary/aromatic N) is 3. The van der Waals surface area contributed by atoms with Gasteiger partial charge in [0.15, 0.2) is 0 Å². The molecule has 28 heavy (non-hydrogen) atoms. The van der Waals surface area contributed by atoms with E-state index < -0.39 is 0 Å². The van der Waals surface area contributed by atoms with Crippen LogP contribution in [0, 0.1) is 6.92 Å². The van der Waals surface area contributed by atoms with Gasteiger partial charge in [0.2, 0.25) is 5.71 Å². The monoisotopic (exact) mass is 381 g/mol. The van der Waals surface area contributed by atoms with Gasteiger partial charge in [0.05, 0.1) is 5.56 Å². The van der Waals surface area contributed by atoms with Crippen LogP contribution in [0.15, 0.2) is 39.8 Å². The second-order valence-corrected chi connectivity index (χ2v) is 7.05. The first-order valence-corrected chi connectivity index (χ1v) is 9.43. The first-order valence-electron chi connectivity index (χ1n) is 9.43. The zero-order valence-corrected chi connectivity index (χ0v) is 16.1. The molecule has 3 heterocycles. The molecule has 0 spiro atoms. The van der Waals surface area contributed by atoms with Crippen molar-refractivity contribution in [2.75, 3.05) is 20.3 Å². The summed E-state index contributed by atoms with van der Waals surface area (Å²) in [4.78, 5) is 32.3. The molecule has 3 aromatic rings. The van der Waals surface area contributed by atoms with E-state index in [1.807, 2.05) is 18.2 Å². The van der Waals surface area contributed by atoms with E-state index >= 15 is 0 Å². The Balaban J connectivity index is 1.70. The fraction of sp³-hybridized carbons (Fsp3) is 0.381. The van der Waals surface area contributed by atoms with Crippen molar-refractivity contribution in [3.63, 3.8) is 0 Å². The maximum absolute atomic E-state index is 13.3. The molecule has 0 saturated carbocycles. The van der Waals surface area contributed by atoms with Gasteiger partial charge >= 0.3 is 0 Å². The maximum atomic E-state index is 13.3. The standard InChI is InChI=1S/C21H23N3O4/c1-14-17(20(25)23-10-8-15-6-3-4-7-16(15)12-23)18-19(28-14)22-13-24(21(18)26)9-5-11-27-2/h3-4,6-7,13H,5,8-12H2,1-2H3. The van der Waals surface area contributed by atoms with Crippen LogP contribution in [0.1, 0.15) is 33.7 Å². The number of hydrogen-bond donors (Lipinski definition) is 0. The number of rotatable bonds is 5. The Morgan fingerprint density at radius 1 is 1.29 bits per heavy atom. The van der Waals surface area contributed by atoms with Crippen LogP contribution in [0.2, 0.25) is 0 Å². The van der Waals surface area contributed by atoms with Crippen LogP contribution in [0.4, 0.5) is 0 Å². The highest BCUT2D eigenvalue weighted by atomic mass is 16.5. The highest BCUT2D eigenvalue weighted by molar-refractivity contribution is 6.06. The van der Waals surface area contributed by atoms with Gasteiger partial charge < -0.3 is 14.1 Å². The van der Waals surface area contributed by atoms with Crippen LogP contribution in [-0.2, 0) is 24.2 Å². The third-order valence-corrected chi connectivity index (χ3v) is 5.23. The van der Waals surface area contributed by atoms with Crippen molar-refractivity contribution in [2.45, 2.75) is 32.9 Å². The van der Waals surface area contributed by atoms with Crippen molar-refractivity contribution in [1.29, 1.82) is 0 Å². The minimum Gasteiger partial charge on any atom is -0.442 e. The number of methoxy groups -OCH3 is 1. The Morgan fingerprint density at radius 3 is 2.86 bits per heavy atom. The first-order chi connectivity index (χ1) is 13.6. The number of ether oxygens (including phenoxy) is 1. The van der Waals surface area contributed by atoms with Crippen LogP contribution < -0.4 is 5.56 Å². The van der Waals surface area contributed by atoms with Gasteiger partial charge in [-0.3, -0.25) is 14.2 Å². The smallest absolute Gasteiger partial charge is 0.265 e. The number of fused-ring (bicyclic) bond motifs is 2. The molecular weight excluding hydrogens is 358 g/mol. The van der Waals surface area contributed by atoms with Crippen molar-refractivity contribution in [3.05, 3.63) is 63.4 Å². The van der Waals surface area contributed by atoms with Gasteiger partial charge in [-0.15, -0.1) is 0 Å². The Bertz CT molecular complexity index is 1080. The fourth-order valence-corrected chi connectivity index (χ4v) is 3.76. The molecule has 0 atom stereocenters. The van der Waals surface area contributed by atoms with Crippen LogP contribution in [0.3, 0.4) is 0 Å². The summed E-state index contributed by atoms with van der Waals surface area (Å²) in [6.07, 6.45) is 2.96. The zero-order chi connectivity index (χ0) is 19.7. The topological polar surface area (TPSA) is 77.6 Å². The normalized spacial score (nSPS) is 13.7. The molecule has 1 aromatic carbocycles. The van der Waals surface area contributed by atoms with E-state index in [9.17, 15) is 9.59 Å². The lowest BCUT2D eigenvalue weighted by Crippen LogP contribution is -2.36. The molecule has 0 aliphatic carbocycles. The van der Waals surface area contributed by atoms with Gasteiger partial charge in [0.1, 0.15) is 17.5 Å². The third-order valence-electron chi connectivity index (χ3n) is 5.23. The number of aryl methyl sites for hydroxylation is 2. The minimum atomic E-state index is -0.251. The van der Waals surface area contributed by atoms with Gasteiger partial charge in [0, 0.05) is 33.4 Å². The third kappa shape index (κ3) is 3.22. The van der Waals surface area contributed by atoms with E-state index in [2.05, 4.69) is 11.1 Å². The lowest BCUT2D eigenvalue weighted by molar-refractivity contribution is 0.0734. The highest BCUT2D eigenvalue weighted by Gasteiger charge is 2.28. The molecule has 146 valence electrons. The van der Waals surface area contributed by atoms with E-state index in [1.54, 1.807) is 18.9 Å². The predicted molar refractivity (Wildman–Crippen MR) is 104 cm³/mol. The van der Waals surface area contributed by atoms with Crippen molar-refractivity contribution in [2.24, 2.45) is 0 Å². The van der Waals surface area contributed by atoms with E-state index in [1.165, 1.54) is 16.5 Å². The Labute approximate surface area is 162 Å². The number of hydrogen-bond acceptors (Lipinski definition) is 5. The second kappa shape index (κ2) is 7.59. The van der Waals surface area contributed by atoms with Crippen LogP contribution >= 0.6 is 0 Å². The van der Waals surface area contributed by atoms with Gasteiger partial charge in [0.25, 0.3) is 11.5 Å². The van der Waals surface area contributed by atoms with E-state index in [0.29, 0.717) is 44.0 Å². The summed E-state index contributed by atoms with van der Waals surface area (Å²) in [7, 11) is 1.62.